The van der Waals surface area contributed by atoms with Crippen molar-refractivity contribution in [1.82, 2.24) is 14.5 Å². The largest absolute Gasteiger partial charge is 0.333 e. The first-order chi connectivity index (χ1) is 7.36. The van der Waals surface area contributed by atoms with Gasteiger partial charge in [0.15, 0.2) is 0 Å². The number of likely N-dealkylation sites (tertiary alicyclic amines) is 1. The highest BCUT2D eigenvalue weighted by Gasteiger charge is 2.25. The Balaban J connectivity index is 2.22. The van der Waals surface area contributed by atoms with Crippen molar-refractivity contribution in [1.29, 1.82) is 5.26 Å². The van der Waals surface area contributed by atoms with Crippen LogP contribution in [0.1, 0.15) is 31.5 Å². The summed E-state index contributed by atoms with van der Waals surface area (Å²) in [7, 11) is 0. The fraction of sp³-hybridized carbons (Fsp3) is 0.636. The molecule has 4 nitrogen and oxygen atoms in total. The zero-order valence-corrected chi connectivity index (χ0v) is 9.06. The van der Waals surface area contributed by atoms with Crippen molar-refractivity contribution in [3.05, 3.63) is 18.2 Å². The van der Waals surface area contributed by atoms with Gasteiger partial charge >= 0.3 is 0 Å². The Morgan fingerprint density at radius 3 is 2.87 bits per heavy atom. The monoisotopic (exact) mass is 204 g/mol. The van der Waals surface area contributed by atoms with Gasteiger partial charge in [0.1, 0.15) is 6.04 Å². The number of imidazole rings is 1. The second-order valence-corrected chi connectivity index (χ2v) is 3.88. The first kappa shape index (κ1) is 10.2. The van der Waals surface area contributed by atoms with Crippen LogP contribution in [0.3, 0.4) is 0 Å². The van der Waals surface area contributed by atoms with Gasteiger partial charge in [-0.1, -0.05) is 0 Å². The number of hydrogen-bond acceptors (Lipinski definition) is 3. The van der Waals surface area contributed by atoms with Crippen molar-refractivity contribution in [2.24, 2.45) is 0 Å². The average molecular weight is 204 g/mol. The highest BCUT2D eigenvalue weighted by molar-refractivity contribution is 5.14. The highest BCUT2D eigenvalue weighted by Crippen LogP contribution is 2.23. The lowest BCUT2D eigenvalue weighted by Gasteiger charge is -2.21. The number of hydrogen-bond donors (Lipinski definition) is 0. The molecule has 0 radical (unpaired) electrons. The second kappa shape index (κ2) is 4.45. The molecule has 0 saturated carbocycles. The molecule has 15 heavy (non-hydrogen) atoms. The van der Waals surface area contributed by atoms with Crippen molar-refractivity contribution in [3.63, 3.8) is 0 Å². The van der Waals surface area contributed by atoms with Crippen LogP contribution in [0.2, 0.25) is 0 Å². The van der Waals surface area contributed by atoms with Crippen LogP contribution in [-0.4, -0.2) is 27.5 Å². The van der Waals surface area contributed by atoms with Gasteiger partial charge in [0.05, 0.1) is 24.3 Å². The zero-order valence-electron chi connectivity index (χ0n) is 9.06. The molecule has 1 aliphatic rings. The molecule has 2 heterocycles. The standard InChI is InChI=1S/C11H16N4/c1-2-14-9-13-8-11(14)10(7-12)15-5-3-4-6-15/h8-10H,2-6H2,1H3. The van der Waals surface area contributed by atoms with E-state index in [0.717, 1.165) is 25.3 Å². The molecule has 80 valence electrons. The van der Waals surface area contributed by atoms with E-state index in [2.05, 4.69) is 22.9 Å². The fourth-order valence-electron chi connectivity index (χ4n) is 2.16. The molecular formula is C11H16N4. The lowest BCUT2D eigenvalue weighted by atomic mass is 10.2. The van der Waals surface area contributed by atoms with Gasteiger partial charge in [-0.2, -0.15) is 5.26 Å². The lowest BCUT2D eigenvalue weighted by Crippen LogP contribution is -2.26. The highest BCUT2D eigenvalue weighted by atomic mass is 15.2. The molecular weight excluding hydrogens is 188 g/mol. The molecule has 0 bridgehead atoms. The molecule has 0 amide bonds. The molecule has 0 spiro atoms. The number of aryl methyl sites for hydroxylation is 1. The molecule has 1 aromatic rings. The van der Waals surface area contributed by atoms with Crippen LogP contribution >= 0.6 is 0 Å². The van der Waals surface area contributed by atoms with Gasteiger partial charge in [0, 0.05) is 6.54 Å². The van der Waals surface area contributed by atoms with E-state index in [9.17, 15) is 5.26 Å². The molecule has 0 N–H and O–H groups in total. The van der Waals surface area contributed by atoms with Crippen molar-refractivity contribution in [3.8, 4) is 6.07 Å². The second-order valence-electron chi connectivity index (χ2n) is 3.88. The summed E-state index contributed by atoms with van der Waals surface area (Å²) >= 11 is 0. The summed E-state index contributed by atoms with van der Waals surface area (Å²) in [5, 5.41) is 9.25. The normalized spacial score (nSPS) is 18.9. The molecule has 1 aliphatic heterocycles. The summed E-state index contributed by atoms with van der Waals surface area (Å²) in [6.45, 7) is 5.02. The predicted molar refractivity (Wildman–Crippen MR) is 57.1 cm³/mol. The van der Waals surface area contributed by atoms with Gasteiger partial charge in [0.25, 0.3) is 0 Å². The number of nitrogens with zero attached hydrogens (tertiary/aromatic N) is 4. The Morgan fingerprint density at radius 2 is 2.27 bits per heavy atom. The van der Waals surface area contributed by atoms with E-state index in [1.165, 1.54) is 12.8 Å². The molecule has 1 atom stereocenters. The molecule has 2 rings (SSSR count). The molecule has 0 aliphatic carbocycles. The molecule has 1 unspecified atom stereocenters. The average Bonchev–Trinajstić information content (AvgIpc) is 2.89. The topological polar surface area (TPSA) is 44.9 Å². The van der Waals surface area contributed by atoms with Crippen LogP contribution in [0.5, 0.6) is 0 Å². The van der Waals surface area contributed by atoms with E-state index in [1.54, 1.807) is 6.33 Å². The van der Waals surface area contributed by atoms with E-state index in [4.69, 9.17) is 0 Å². The summed E-state index contributed by atoms with van der Waals surface area (Å²) in [6.07, 6.45) is 6.03. The smallest absolute Gasteiger partial charge is 0.140 e. The molecule has 4 heteroatoms. The van der Waals surface area contributed by atoms with Gasteiger partial charge in [-0.25, -0.2) is 4.98 Å². The van der Waals surface area contributed by atoms with E-state index >= 15 is 0 Å². The first-order valence-electron chi connectivity index (χ1n) is 5.50. The maximum Gasteiger partial charge on any atom is 0.140 e. The van der Waals surface area contributed by atoms with E-state index < -0.39 is 0 Å². The first-order valence-corrected chi connectivity index (χ1v) is 5.50. The Bertz CT molecular complexity index is 357. The minimum absolute atomic E-state index is 0.116. The lowest BCUT2D eigenvalue weighted by molar-refractivity contribution is 0.284. The van der Waals surface area contributed by atoms with Gasteiger partial charge in [0.2, 0.25) is 0 Å². The summed E-state index contributed by atoms with van der Waals surface area (Å²) < 4.78 is 2.05. The molecule has 0 aromatic carbocycles. The predicted octanol–water partition coefficient (Wildman–Crippen LogP) is 1.56. The van der Waals surface area contributed by atoms with Crippen LogP contribution in [0.25, 0.3) is 0 Å². The molecule has 1 aromatic heterocycles. The zero-order chi connectivity index (χ0) is 10.7. The summed E-state index contributed by atoms with van der Waals surface area (Å²) in [6, 6.07) is 2.27. The third-order valence-electron chi connectivity index (χ3n) is 2.99. The molecule has 1 saturated heterocycles. The van der Waals surface area contributed by atoms with Gasteiger partial charge in [-0.05, 0) is 32.9 Å². The van der Waals surface area contributed by atoms with Crippen LogP contribution in [-0.2, 0) is 6.54 Å². The number of aromatic nitrogens is 2. The Hall–Kier alpha value is -1.34. The van der Waals surface area contributed by atoms with Crippen molar-refractivity contribution < 1.29 is 0 Å². The van der Waals surface area contributed by atoms with Crippen LogP contribution in [0.15, 0.2) is 12.5 Å². The Morgan fingerprint density at radius 1 is 1.53 bits per heavy atom. The third-order valence-corrected chi connectivity index (χ3v) is 2.99. The van der Waals surface area contributed by atoms with Gasteiger partial charge < -0.3 is 4.57 Å². The van der Waals surface area contributed by atoms with Gasteiger partial charge in [-0.3, -0.25) is 4.90 Å². The minimum atomic E-state index is -0.116. The fourth-order valence-corrected chi connectivity index (χ4v) is 2.16. The minimum Gasteiger partial charge on any atom is -0.333 e. The SMILES string of the molecule is CCn1cncc1C(C#N)N1CCCC1. The van der Waals surface area contributed by atoms with Crippen LogP contribution in [0, 0.1) is 11.3 Å². The van der Waals surface area contributed by atoms with Crippen LogP contribution < -0.4 is 0 Å². The van der Waals surface area contributed by atoms with E-state index in [1.807, 2.05) is 10.8 Å². The van der Waals surface area contributed by atoms with Crippen molar-refractivity contribution in [2.75, 3.05) is 13.1 Å². The summed E-state index contributed by atoms with van der Waals surface area (Å²) in [5.41, 5.74) is 1.03. The summed E-state index contributed by atoms with van der Waals surface area (Å²) in [4.78, 5) is 6.36. The van der Waals surface area contributed by atoms with E-state index in [-0.39, 0.29) is 6.04 Å². The van der Waals surface area contributed by atoms with Crippen molar-refractivity contribution >= 4 is 0 Å². The third kappa shape index (κ3) is 1.88. The van der Waals surface area contributed by atoms with Crippen molar-refractivity contribution in [2.45, 2.75) is 32.4 Å². The Labute approximate surface area is 90.1 Å². The quantitative estimate of drug-likeness (QED) is 0.750. The van der Waals surface area contributed by atoms with Gasteiger partial charge in [-0.15, -0.1) is 0 Å². The maximum absolute atomic E-state index is 9.25. The van der Waals surface area contributed by atoms with Crippen LogP contribution in [0.4, 0.5) is 0 Å². The summed E-state index contributed by atoms with van der Waals surface area (Å²) in [5.74, 6) is 0. The number of rotatable bonds is 3. The number of nitriles is 1. The molecule has 1 fully saturated rings. The Kier molecular flexibility index (Phi) is 3.02. The van der Waals surface area contributed by atoms with E-state index in [0.29, 0.717) is 0 Å². The maximum atomic E-state index is 9.25.